The number of hydrogen-bond donors (Lipinski definition) is 3. The van der Waals surface area contributed by atoms with E-state index in [2.05, 4.69) is 67.8 Å². The molecule has 9 heteroatoms. The van der Waals surface area contributed by atoms with Crippen molar-refractivity contribution in [1.82, 2.24) is 5.32 Å². The van der Waals surface area contributed by atoms with Crippen LogP contribution in [0.3, 0.4) is 0 Å². The predicted molar refractivity (Wildman–Crippen MR) is 244 cm³/mol. The Morgan fingerprint density at radius 3 is 1.54 bits per heavy atom. The van der Waals surface area contributed by atoms with Gasteiger partial charge in [-0.05, 0) is 57.8 Å². The topological polar surface area (TPSA) is 105 Å². The molecule has 1 amide bonds. The number of nitrogens with one attached hydrogen (secondary N) is 1. The number of quaternary nitrogens is 1. The van der Waals surface area contributed by atoms with Crippen LogP contribution in [0.5, 0.6) is 0 Å². The first-order valence-corrected chi connectivity index (χ1v) is 24.7. The van der Waals surface area contributed by atoms with Crippen LogP contribution in [0.15, 0.2) is 60.8 Å². The molecule has 3 unspecified atom stereocenters. The van der Waals surface area contributed by atoms with E-state index in [4.69, 9.17) is 9.05 Å². The number of phosphoric ester groups is 1. The Kier molecular flexibility index (Phi) is 38.4. The first-order valence-electron chi connectivity index (χ1n) is 23.2. The Balaban J connectivity index is 4.31. The van der Waals surface area contributed by atoms with Crippen LogP contribution in [0, 0.1) is 0 Å². The van der Waals surface area contributed by atoms with Gasteiger partial charge in [-0.15, -0.1) is 0 Å². The molecule has 0 radical (unpaired) electrons. The average Bonchev–Trinajstić information content (AvgIpc) is 3.16. The molecule has 0 rings (SSSR count). The molecule has 0 aliphatic heterocycles. The second kappa shape index (κ2) is 39.6. The zero-order chi connectivity index (χ0) is 42.1. The molecular weight excluding hydrogens is 732 g/mol. The summed E-state index contributed by atoms with van der Waals surface area (Å²) in [6.45, 7) is 4.68. The number of rotatable bonds is 41. The molecule has 0 aliphatic carbocycles. The van der Waals surface area contributed by atoms with Crippen LogP contribution in [0.2, 0.25) is 0 Å². The number of phosphoric acid groups is 1. The van der Waals surface area contributed by atoms with Crippen LogP contribution >= 0.6 is 7.82 Å². The molecule has 0 aliphatic rings. The summed E-state index contributed by atoms with van der Waals surface area (Å²) in [4.78, 5) is 23.1. The van der Waals surface area contributed by atoms with Crippen LogP contribution in [0.25, 0.3) is 0 Å². The number of likely N-dealkylation sites (N-methyl/N-ethyl adjacent to an activating group) is 1. The van der Waals surface area contributed by atoms with Crippen molar-refractivity contribution >= 4 is 13.7 Å². The standard InChI is InChI=1S/C48H89N2O6P/c1-6-8-10-12-14-16-18-20-21-22-23-24-25-26-27-28-29-30-32-34-36-38-40-42-48(52)49-46(45-56-57(53,54)55-44-43-50(3,4)5)47(51)41-39-37-35-33-31-19-17-15-13-11-9-7-2/h8,10,14,16,20-21,23-24,39,41,46-47,51H,6-7,9,11-13,15,17-19,22,25-38,40,42-45H2,1-5H3,(H-,49,52,53,54)/p+1/b10-8-,16-14-,21-20-,24-23-,41-39+. The van der Waals surface area contributed by atoms with E-state index in [1.807, 2.05) is 27.2 Å². The molecule has 0 saturated heterocycles. The van der Waals surface area contributed by atoms with E-state index < -0.39 is 20.0 Å². The summed E-state index contributed by atoms with van der Waals surface area (Å²) in [5, 5.41) is 13.8. The maximum Gasteiger partial charge on any atom is 0.472 e. The quantitative estimate of drug-likeness (QED) is 0.0245. The Labute approximate surface area is 351 Å². The number of allylic oxidation sites excluding steroid dienone is 9. The molecule has 0 heterocycles. The highest BCUT2D eigenvalue weighted by Gasteiger charge is 2.27. The van der Waals surface area contributed by atoms with Crippen molar-refractivity contribution in [2.75, 3.05) is 40.9 Å². The molecule has 0 bridgehead atoms. The molecule has 3 N–H and O–H groups in total. The third kappa shape index (κ3) is 42.1. The minimum absolute atomic E-state index is 0.0584. The molecule has 0 aromatic carbocycles. The van der Waals surface area contributed by atoms with Crippen molar-refractivity contribution in [2.24, 2.45) is 0 Å². The minimum Gasteiger partial charge on any atom is -0.387 e. The van der Waals surface area contributed by atoms with Crippen LogP contribution in [0.4, 0.5) is 0 Å². The third-order valence-corrected chi connectivity index (χ3v) is 11.0. The fourth-order valence-corrected chi connectivity index (χ4v) is 7.06. The normalized spacial score (nSPS) is 14.9. The maximum atomic E-state index is 12.9. The van der Waals surface area contributed by atoms with Gasteiger partial charge in [-0.2, -0.15) is 0 Å². The summed E-state index contributed by atoms with van der Waals surface area (Å²) in [5.41, 5.74) is 0. The van der Waals surface area contributed by atoms with E-state index in [1.165, 1.54) is 103 Å². The third-order valence-electron chi connectivity index (χ3n) is 9.99. The van der Waals surface area contributed by atoms with E-state index in [1.54, 1.807) is 6.08 Å². The number of hydrogen-bond acceptors (Lipinski definition) is 5. The molecule has 0 saturated carbocycles. The lowest BCUT2D eigenvalue weighted by molar-refractivity contribution is -0.870. The van der Waals surface area contributed by atoms with Gasteiger partial charge in [0, 0.05) is 6.42 Å². The molecule has 332 valence electrons. The zero-order valence-corrected chi connectivity index (χ0v) is 38.5. The summed E-state index contributed by atoms with van der Waals surface area (Å²) in [6.07, 6.45) is 51.4. The monoisotopic (exact) mass is 822 g/mol. The van der Waals surface area contributed by atoms with E-state index in [-0.39, 0.29) is 19.1 Å². The van der Waals surface area contributed by atoms with Gasteiger partial charge in [-0.1, -0.05) is 184 Å². The summed E-state index contributed by atoms with van der Waals surface area (Å²) in [7, 11) is 1.56. The lowest BCUT2D eigenvalue weighted by Crippen LogP contribution is -2.45. The summed E-state index contributed by atoms with van der Waals surface area (Å²) < 4.78 is 23.5. The maximum absolute atomic E-state index is 12.9. The second-order valence-electron chi connectivity index (χ2n) is 16.8. The molecule has 57 heavy (non-hydrogen) atoms. The largest absolute Gasteiger partial charge is 0.472 e. The highest BCUT2D eigenvalue weighted by Crippen LogP contribution is 2.43. The Hall–Kier alpha value is -1.80. The number of nitrogens with zero attached hydrogens (tertiary/aromatic N) is 1. The number of unbranched alkanes of at least 4 members (excludes halogenated alkanes) is 20. The average molecular weight is 822 g/mol. The van der Waals surface area contributed by atoms with Crippen LogP contribution < -0.4 is 5.32 Å². The van der Waals surface area contributed by atoms with Gasteiger partial charge in [0.1, 0.15) is 13.2 Å². The van der Waals surface area contributed by atoms with Gasteiger partial charge in [-0.3, -0.25) is 13.8 Å². The lowest BCUT2D eigenvalue weighted by Gasteiger charge is -2.25. The van der Waals surface area contributed by atoms with E-state index in [9.17, 15) is 19.4 Å². The van der Waals surface area contributed by atoms with Crippen molar-refractivity contribution in [2.45, 2.75) is 199 Å². The van der Waals surface area contributed by atoms with E-state index in [0.717, 1.165) is 64.2 Å². The van der Waals surface area contributed by atoms with Crippen molar-refractivity contribution in [3.8, 4) is 0 Å². The van der Waals surface area contributed by atoms with E-state index in [0.29, 0.717) is 17.4 Å². The molecule has 0 fully saturated rings. The molecule has 3 atom stereocenters. The van der Waals surface area contributed by atoms with Crippen LogP contribution in [-0.4, -0.2) is 73.4 Å². The number of aliphatic hydroxyl groups is 1. The number of amides is 1. The minimum atomic E-state index is -4.34. The molecular formula is C48H90N2O6P+. The van der Waals surface area contributed by atoms with Crippen LogP contribution in [-0.2, 0) is 18.4 Å². The predicted octanol–water partition coefficient (Wildman–Crippen LogP) is 13.0. The number of aliphatic hydroxyl groups excluding tert-OH is 1. The van der Waals surface area contributed by atoms with Crippen molar-refractivity contribution < 1.29 is 32.9 Å². The molecule has 0 aromatic rings. The summed E-state index contributed by atoms with van der Waals surface area (Å²) in [5.74, 6) is -0.185. The molecule has 0 aromatic heterocycles. The number of carbonyl (C=O) groups is 1. The van der Waals surface area contributed by atoms with Gasteiger partial charge < -0.3 is 19.8 Å². The zero-order valence-electron chi connectivity index (χ0n) is 37.6. The lowest BCUT2D eigenvalue weighted by atomic mass is 10.0. The number of carbonyl (C=O) groups excluding carboxylic acids is 1. The first-order chi connectivity index (χ1) is 27.5. The Morgan fingerprint density at radius 2 is 1.05 bits per heavy atom. The van der Waals surface area contributed by atoms with Gasteiger partial charge in [0.05, 0.1) is 39.9 Å². The van der Waals surface area contributed by atoms with Gasteiger partial charge in [0.25, 0.3) is 0 Å². The second-order valence-corrected chi connectivity index (χ2v) is 18.2. The van der Waals surface area contributed by atoms with E-state index >= 15 is 0 Å². The van der Waals surface area contributed by atoms with Crippen molar-refractivity contribution in [1.29, 1.82) is 0 Å². The highest BCUT2D eigenvalue weighted by molar-refractivity contribution is 7.47. The fraction of sp³-hybridized carbons (Fsp3) is 0.771. The van der Waals surface area contributed by atoms with Gasteiger partial charge in [-0.25, -0.2) is 4.57 Å². The Morgan fingerprint density at radius 1 is 0.614 bits per heavy atom. The summed E-state index contributed by atoms with van der Waals surface area (Å²) in [6, 6.07) is -0.849. The summed E-state index contributed by atoms with van der Waals surface area (Å²) >= 11 is 0. The van der Waals surface area contributed by atoms with Gasteiger partial charge >= 0.3 is 7.82 Å². The van der Waals surface area contributed by atoms with Crippen molar-refractivity contribution in [3.63, 3.8) is 0 Å². The van der Waals surface area contributed by atoms with Gasteiger partial charge in [0.15, 0.2) is 0 Å². The fourth-order valence-electron chi connectivity index (χ4n) is 6.33. The SMILES string of the molecule is CC/C=C\C/C=C\C/C=C\C/C=C\CCCCCCCCCCCCC(=O)NC(COP(=O)(O)OCC[N+](C)(C)C)C(O)/C=C/CCCCCCCCCCCC. The van der Waals surface area contributed by atoms with Gasteiger partial charge in [0.2, 0.25) is 5.91 Å². The highest BCUT2D eigenvalue weighted by atomic mass is 31.2. The smallest absolute Gasteiger partial charge is 0.387 e. The molecule has 8 nitrogen and oxygen atoms in total. The Bertz CT molecular complexity index is 1110. The van der Waals surface area contributed by atoms with Crippen molar-refractivity contribution in [3.05, 3.63) is 60.8 Å². The molecule has 0 spiro atoms. The first kappa shape index (κ1) is 55.2. The van der Waals surface area contributed by atoms with Crippen LogP contribution in [0.1, 0.15) is 187 Å².